The Kier molecular flexibility index (Phi) is 4.85. The number of carbonyl (C=O) groups is 1. The lowest BCUT2D eigenvalue weighted by Gasteiger charge is -2.14. The third kappa shape index (κ3) is 4.07. The van der Waals surface area contributed by atoms with Crippen LogP contribution < -0.4 is 5.32 Å². The molecule has 0 bridgehead atoms. The molecule has 1 aromatic heterocycles. The van der Waals surface area contributed by atoms with Crippen LogP contribution in [0.3, 0.4) is 0 Å². The van der Waals surface area contributed by atoms with Crippen LogP contribution in [-0.2, 0) is 6.18 Å². The van der Waals surface area contributed by atoms with Gasteiger partial charge >= 0.3 is 6.18 Å². The molecule has 3 nitrogen and oxygen atoms in total. The molecule has 1 amide bonds. The quantitative estimate of drug-likeness (QED) is 0.869. The number of aromatic nitrogens is 1. The zero-order valence-electron chi connectivity index (χ0n) is 11.5. The summed E-state index contributed by atoms with van der Waals surface area (Å²) < 4.78 is 38.5. The number of carbonyl (C=O) groups excluding carboxylic acids is 1. The van der Waals surface area contributed by atoms with Gasteiger partial charge in [-0.2, -0.15) is 13.2 Å². The Morgan fingerprint density at radius 1 is 1.27 bits per heavy atom. The summed E-state index contributed by atoms with van der Waals surface area (Å²) in [6.07, 6.45) is -2.93. The third-order valence-corrected chi connectivity index (χ3v) is 3.42. The lowest BCUT2D eigenvalue weighted by molar-refractivity contribution is -0.137. The number of amides is 1. The van der Waals surface area contributed by atoms with Crippen molar-refractivity contribution in [2.24, 2.45) is 0 Å². The van der Waals surface area contributed by atoms with Crippen molar-refractivity contribution in [3.8, 4) is 0 Å². The van der Waals surface area contributed by atoms with Crippen LogP contribution in [0.15, 0.2) is 47.1 Å². The van der Waals surface area contributed by atoms with Gasteiger partial charge in [0.15, 0.2) is 0 Å². The number of rotatable bonds is 3. The van der Waals surface area contributed by atoms with Crippen molar-refractivity contribution < 1.29 is 18.0 Å². The molecule has 1 aromatic carbocycles. The molecule has 116 valence electrons. The summed E-state index contributed by atoms with van der Waals surface area (Å²) in [6, 6.07) is 7.92. The normalized spacial score (nSPS) is 12.8. The Morgan fingerprint density at radius 2 is 2.00 bits per heavy atom. The lowest BCUT2D eigenvalue weighted by atomic mass is 10.1. The van der Waals surface area contributed by atoms with E-state index < -0.39 is 23.7 Å². The summed E-state index contributed by atoms with van der Waals surface area (Å²) in [4.78, 5) is 16.2. The van der Waals surface area contributed by atoms with Gasteiger partial charge in [-0.1, -0.05) is 22.0 Å². The predicted molar refractivity (Wildman–Crippen MR) is 79.3 cm³/mol. The van der Waals surface area contributed by atoms with Gasteiger partial charge in [0.05, 0.1) is 17.3 Å². The van der Waals surface area contributed by atoms with E-state index in [4.69, 9.17) is 0 Å². The summed E-state index contributed by atoms with van der Waals surface area (Å²) in [5, 5.41) is 2.63. The minimum Gasteiger partial charge on any atom is -0.344 e. The summed E-state index contributed by atoms with van der Waals surface area (Å²) >= 11 is 2.99. The highest BCUT2D eigenvalue weighted by Gasteiger charge is 2.31. The van der Waals surface area contributed by atoms with E-state index in [9.17, 15) is 18.0 Å². The largest absolute Gasteiger partial charge is 0.416 e. The maximum absolute atomic E-state index is 12.8. The molecule has 0 aliphatic carbocycles. The molecule has 0 fully saturated rings. The van der Waals surface area contributed by atoms with E-state index >= 15 is 0 Å². The molecule has 1 atom stereocenters. The molecule has 1 N–H and O–H groups in total. The van der Waals surface area contributed by atoms with Gasteiger partial charge in [-0.15, -0.1) is 0 Å². The molecule has 0 aliphatic heterocycles. The highest BCUT2D eigenvalue weighted by molar-refractivity contribution is 9.10. The van der Waals surface area contributed by atoms with Crippen molar-refractivity contribution in [3.63, 3.8) is 0 Å². The molecule has 0 radical (unpaired) electrons. The number of nitrogens with zero attached hydrogens (tertiary/aromatic N) is 1. The Morgan fingerprint density at radius 3 is 2.59 bits per heavy atom. The Labute approximate surface area is 133 Å². The summed E-state index contributed by atoms with van der Waals surface area (Å²) in [7, 11) is 0. The first-order valence-electron chi connectivity index (χ1n) is 6.37. The first kappa shape index (κ1) is 16.5. The van der Waals surface area contributed by atoms with Gasteiger partial charge in [-0.25, -0.2) is 0 Å². The van der Waals surface area contributed by atoms with Gasteiger partial charge in [-0.05, 0) is 37.3 Å². The van der Waals surface area contributed by atoms with Crippen LogP contribution in [0, 0.1) is 0 Å². The molecular formula is C15H12BrF3N2O. The van der Waals surface area contributed by atoms with E-state index in [0.717, 1.165) is 12.1 Å². The second-order valence-electron chi connectivity index (χ2n) is 4.68. The number of hydrogen-bond acceptors (Lipinski definition) is 2. The van der Waals surface area contributed by atoms with Gasteiger partial charge in [-0.3, -0.25) is 9.78 Å². The molecule has 7 heteroatoms. The van der Waals surface area contributed by atoms with E-state index in [2.05, 4.69) is 26.2 Å². The number of pyridine rings is 1. The molecule has 0 saturated carbocycles. The van der Waals surface area contributed by atoms with Crippen LogP contribution in [0.5, 0.6) is 0 Å². The second kappa shape index (κ2) is 6.48. The zero-order chi connectivity index (χ0) is 16.3. The van der Waals surface area contributed by atoms with E-state index in [1.165, 1.54) is 6.07 Å². The molecule has 2 aromatic rings. The Balaban J connectivity index is 2.21. The molecule has 22 heavy (non-hydrogen) atoms. The van der Waals surface area contributed by atoms with Crippen LogP contribution in [0.25, 0.3) is 0 Å². The lowest BCUT2D eigenvalue weighted by Crippen LogP contribution is -2.27. The van der Waals surface area contributed by atoms with Crippen LogP contribution in [0.4, 0.5) is 13.2 Å². The number of hydrogen-bond donors (Lipinski definition) is 1. The summed E-state index contributed by atoms with van der Waals surface area (Å²) in [5.74, 6) is -0.593. The van der Waals surface area contributed by atoms with Gasteiger partial charge in [0.25, 0.3) is 5.91 Å². The fourth-order valence-corrected chi connectivity index (χ4v) is 2.36. The highest BCUT2D eigenvalue weighted by atomic mass is 79.9. The monoisotopic (exact) mass is 372 g/mol. The molecule has 0 saturated heterocycles. The zero-order valence-corrected chi connectivity index (χ0v) is 13.1. The molecule has 2 rings (SSSR count). The number of nitrogens with one attached hydrogen (secondary N) is 1. The molecule has 0 aliphatic rings. The maximum Gasteiger partial charge on any atom is 0.416 e. The SMILES string of the molecule is C[C@H](NC(=O)c1cc(Br)cc(C(F)(F)F)c1)c1ccccn1. The van der Waals surface area contributed by atoms with Crippen LogP contribution in [0.1, 0.15) is 34.6 Å². The fourth-order valence-electron chi connectivity index (χ4n) is 1.87. The Bertz CT molecular complexity index is 674. The standard InChI is InChI=1S/C15H12BrF3N2O/c1-9(13-4-2-3-5-20-13)21-14(22)10-6-11(15(17,18)19)8-12(16)7-10/h2-9H,1H3,(H,21,22)/t9-/m0/s1. The topological polar surface area (TPSA) is 42.0 Å². The summed E-state index contributed by atoms with van der Waals surface area (Å²) in [6.45, 7) is 1.71. The number of alkyl halides is 3. The third-order valence-electron chi connectivity index (χ3n) is 2.97. The maximum atomic E-state index is 12.8. The summed E-state index contributed by atoms with van der Waals surface area (Å²) in [5.41, 5.74) is -0.316. The highest BCUT2D eigenvalue weighted by Crippen LogP contribution is 2.32. The number of benzene rings is 1. The van der Waals surface area contributed by atoms with Crippen molar-refractivity contribution in [1.82, 2.24) is 10.3 Å². The van der Waals surface area contributed by atoms with Crippen molar-refractivity contribution >= 4 is 21.8 Å². The average Bonchev–Trinajstić information content (AvgIpc) is 2.46. The van der Waals surface area contributed by atoms with Crippen molar-refractivity contribution in [1.29, 1.82) is 0 Å². The smallest absolute Gasteiger partial charge is 0.344 e. The molecule has 0 unspecified atom stereocenters. The van der Waals surface area contributed by atoms with Gasteiger partial charge in [0, 0.05) is 16.2 Å². The predicted octanol–water partition coefficient (Wildman–Crippen LogP) is 4.35. The minimum absolute atomic E-state index is 0.0653. The van der Waals surface area contributed by atoms with E-state index in [-0.39, 0.29) is 10.0 Å². The van der Waals surface area contributed by atoms with Crippen molar-refractivity contribution in [3.05, 3.63) is 63.9 Å². The van der Waals surface area contributed by atoms with Gasteiger partial charge in [0.2, 0.25) is 0 Å². The first-order chi connectivity index (χ1) is 10.3. The van der Waals surface area contributed by atoms with Crippen LogP contribution in [0.2, 0.25) is 0 Å². The second-order valence-corrected chi connectivity index (χ2v) is 5.59. The van der Waals surface area contributed by atoms with Crippen molar-refractivity contribution in [2.75, 3.05) is 0 Å². The van der Waals surface area contributed by atoms with Crippen LogP contribution >= 0.6 is 15.9 Å². The van der Waals surface area contributed by atoms with Crippen molar-refractivity contribution in [2.45, 2.75) is 19.1 Å². The van der Waals surface area contributed by atoms with Gasteiger partial charge in [0.1, 0.15) is 0 Å². The molecular weight excluding hydrogens is 361 g/mol. The van der Waals surface area contributed by atoms with E-state index in [0.29, 0.717) is 5.69 Å². The number of halogens is 4. The Hall–Kier alpha value is -1.89. The molecule has 1 heterocycles. The van der Waals surface area contributed by atoms with E-state index in [1.807, 2.05) is 0 Å². The molecule has 0 spiro atoms. The average molecular weight is 373 g/mol. The minimum atomic E-state index is -4.51. The first-order valence-corrected chi connectivity index (χ1v) is 7.16. The fraction of sp³-hybridized carbons (Fsp3) is 0.200. The van der Waals surface area contributed by atoms with Crippen LogP contribution in [-0.4, -0.2) is 10.9 Å². The van der Waals surface area contributed by atoms with Gasteiger partial charge < -0.3 is 5.32 Å². The van der Waals surface area contributed by atoms with E-state index in [1.54, 1.807) is 31.3 Å².